The topological polar surface area (TPSA) is 34.9 Å². The minimum atomic E-state index is 0.241. The van der Waals surface area contributed by atoms with E-state index in [4.69, 9.17) is 0 Å². The minimum Gasteiger partial charge on any atom is -0.331 e. The van der Waals surface area contributed by atoms with Crippen molar-refractivity contribution in [1.82, 2.24) is 9.55 Å². The molecule has 1 heterocycles. The summed E-state index contributed by atoms with van der Waals surface area (Å²) in [5, 5.41) is 0. The first-order chi connectivity index (χ1) is 9.75. The van der Waals surface area contributed by atoms with Crippen LogP contribution in [-0.2, 0) is 18.3 Å². The fourth-order valence-electron chi connectivity index (χ4n) is 2.88. The Kier molecular flexibility index (Phi) is 3.68. The molecule has 0 saturated carbocycles. The maximum Gasteiger partial charge on any atom is 0.166 e. The predicted molar refractivity (Wildman–Crippen MR) is 80.6 cm³/mol. The van der Waals surface area contributed by atoms with Crippen molar-refractivity contribution < 1.29 is 4.79 Å². The van der Waals surface area contributed by atoms with Crippen molar-refractivity contribution in [3.05, 3.63) is 41.7 Å². The van der Waals surface area contributed by atoms with Gasteiger partial charge in [-0.3, -0.25) is 4.79 Å². The number of imidazole rings is 1. The van der Waals surface area contributed by atoms with Gasteiger partial charge in [-0.1, -0.05) is 24.6 Å². The molecule has 0 atom stereocenters. The highest BCUT2D eigenvalue weighted by Crippen LogP contribution is 2.20. The summed E-state index contributed by atoms with van der Waals surface area (Å²) in [6.07, 6.45) is 8.12. The van der Waals surface area contributed by atoms with Crippen LogP contribution in [-0.4, -0.2) is 15.3 Å². The van der Waals surface area contributed by atoms with E-state index in [0.717, 1.165) is 41.7 Å². The summed E-state index contributed by atoms with van der Waals surface area (Å²) in [7, 11) is 1.99. The maximum absolute atomic E-state index is 12.4. The first kappa shape index (κ1) is 13.1. The number of para-hydroxylation sites is 2. The number of nitrogens with zero attached hydrogens (tertiary/aromatic N) is 2. The summed E-state index contributed by atoms with van der Waals surface area (Å²) in [4.78, 5) is 17.0. The van der Waals surface area contributed by atoms with E-state index in [-0.39, 0.29) is 5.78 Å². The van der Waals surface area contributed by atoms with Crippen LogP contribution in [0.15, 0.2) is 35.9 Å². The third-order valence-electron chi connectivity index (χ3n) is 4.10. The lowest BCUT2D eigenvalue weighted by atomic mass is 10.0. The monoisotopic (exact) mass is 268 g/mol. The molecule has 1 aromatic carbocycles. The van der Waals surface area contributed by atoms with Gasteiger partial charge in [-0.2, -0.15) is 0 Å². The van der Waals surface area contributed by atoms with Gasteiger partial charge in [0, 0.05) is 7.05 Å². The van der Waals surface area contributed by atoms with Crippen molar-refractivity contribution >= 4 is 16.8 Å². The van der Waals surface area contributed by atoms with Gasteiger partial charge in [0.05, 0.1) is 17.5 Å². The highest BCUT2D eigenvalue weighted by molar-refractivity contribution is 5.96. The smallest absolute Gasteiger partial charge is 0.166 e. The van der Waals surface area contributed by atoms with Crippen LogP contribution in [0, 0.1) is 0 Å². The molecule has 3 heteroatoms. The van der Waals surface area contributed by atoms with Gasteiger partial charge in [-0.25, -0.2) is 4.98 Å². The lowest BCUT2D eigenvalue weighted by molar-refractivity contribution is -0.115. The van der Waals surface area contributed by atoms with Crippen LogP contribution in [0.1, 0.15) is 37.9 Å². The second-order valence-electron chi connectivity index (χ2n) is 5.50. The van der Waals surface area contributed by atoms with E-state index in [1.807, 2.05) is 35.9 Å². The molecule has 1 aliphatic carbocycles. The van der Waals surface area contributed by atoms with Gasteiger partial charge in [0.1, 0.15) is 5.82 Å². The highest BCUT2D eigenvalue weighted by atomic mass is 16.1. The fraction of sp³-hybridized carbons (Fsp3) is 0.412. The molecule has 0 aliphatic heterocycles. The number of carbonyl (C=O) groups excluding carboxylic acids is 1. The van der Waals surface area contributed by atoms with Gasteiger partial charge in [0.25, 0.3) is 0 Å². The zero-order valence-electron chi connectivity index (χ0n) is 11.9. The molecule has 1 aromatic heterocycles. The number of hydrogen-bond acceptors (Lipinski definition) is 2. The standard InChI is InChI=1S/C17H20N2O/c1-19-15-11-7-6-10-14(15)18-17(19)12-16(20)13-8-4-2-3-5-9-13/h6-8,10-11H,2-5,9,12H2,1H3. The molecule has 0 amide bonds. The zero-order valence-corrected chi connectivity index (χ0v) is 11.9. The minimum absolute atomic E-state index is 0.241. The van der Waals surface area contributed by atoms with E-state index in [2.05, 4.69) is 11.1 Å². The van der Waals surface area contributed by atoms with Crippen molar-refractivity contribution in [1.29, 1.82) is 0 Å². The van der Waals surface area contributed by atoms with Crippen molar-refractivity contribution in [3.8, 4) is 0 Å². The van der Waals surface area contributed by atoms with Crippen LogP contribution < -0.4 is 0 Å². The van der Waals surface area contributed by atoms with Crippen LogP contribution in [0.2, 0.25) is 0 Å². The Hall–Kier alpha value is -1.90. The third-order valence-corrected chi connectivity index (χ3v) is 4.10. The fourth-order valence-corrected chi connectivity index (χ4v) is 2.88. The molecule has 0 saturated heterocycles. The summed E-state index contributed by atoms with van der Waals surface area (Å²) >= 11 is 0. The summed E-state index contributed by atoms with van der Waals surface area (Å²) in [6, 6.07) is 8.02. The molecule has 0 radical (unpaired) electrons. The molecule has 20 heavy (non-hydrogen) atoms. The first-order valence-corrected chi connectivity index (χ1v) is 7.38. The van der Waals surface area contributed by atoms with Gasteiger partial charge in [-0.05, 0) is 43.4 Å². The Balaban J connectivity index is 1.83. The molecule has 0 bridgehead atoms. The number of ketones is 1. The van der Waals surface area contributed by atoms with Gasteiger partial charge < -0.3 is 4.57 Å². The zero-order chi connectivity index (χ0) is 13.9. The van der Waals surface area contributed by atoms with Gasteiger partial charge in [0.15, 0.2) is 5.78 Å². The number of aryl methyl sites for hydroxylation is 1. The van der Waals surface area contributed by atoms with Crippen LogP contribution in [0.25, 0.3) is 11.0 Å². The molecule has 1 aliphatic rings. The summed E-state index contributed by atoms with van der Waals surface area (Å²) in [6.45, 7) is 0. The van der Waals surface area contributed by atoms with Crippen LogP contribution in [0.5, 0.6) is 0 Å². The number of allylic oxidation sites excluding steroid dienone is 2. The van der Waals surface area contributed by atoms with E-state index in [1.165, 1.54) is 12.8 Å². The number of carbonyl (C=O) groups is 1. The maximum atomic E-state index is 12.4. The second-order valence-corrected chi connectivity index (χ2v) is 5.50. The molecule has 3 rings (SSSR count). The lowest BCUT2D eigenvalue weighted by Gasteiger charge is -2.05. The first-order valence-electron chi connectivity index (χ1n) is 7.38. The Morgan fingerprint density at radius 2 is 2.10 bits per heavy atom. The lowest BCUT2D eigenvalue weighted by Crippen LogP contribution is -2.10. The third kappa shape index (κ3) is 2.53. The summed E-state index contributed by atoms with van der Waals surface area (Å²) in [5.74, 6) is 1.10. The number of rotatable bonds is 3. The summed E-state index contributed by atoms with van der Waals surface area (Å²) < 4.78 is 2.03. The van der Waals surface area contributed by atoms with Crippen molar-refractivity contribution in [2.45, 2.75) is 38.5 Å². The Morgan fingerprint density at radius 1 is 1.25 bits per heavy atom. The Bertz CT molecular complexity index is 667. The van der Waals surface area contributed by atoms with E-state index < -0.39 is 0 Å². The van der Waals surface area contributed by atoms with E-state index in [0.29, 0.717) is 6.42 Å². The van der Waals surface area contributed by atoms with Crippen molar-refractivity contribution in [3.63, 3.8) is 0 Å². The quantitative estimate of drug-likeness (QED) is 0.853. The van der Waals surface area contributed by atoms with Crippen LogP contribution >= 0.6 is 0 Å². The molecule has 0 fully saturated rings. The van der Waals surface area contributed by atoms with Crippen molar-refractivity contribution in [2.24, 2.45) is 7.05 Å². The normalized spacial score (nSPS) is 15.9. The molecule has 104 valence electrons. The number of aromatic nitrogens is 2. The molecule has 0 spiro atoms. The predicted octanol–water partition coefficient (Wildman–Crippen LogP) is 3.58. The second kappa shape index (κ2) is 5.61. The summed E-state index contributed by atoms with van der Waals surface area (Å²) in [5.41, 5.74) is 3.06. The molecule has 3 nitrogen and oxygen atoms in total. The van der Waals surface area contributed by atoms with E-state index >= 15 is 0 Å². The average molecular weight is 268 g/mol. The van der Waals surface area contributed by atoms with E-state index in [1.54, 1.807) is 0 Å². The Labute approximate surface area is 119 Å². The average Bonchev–Trinajstić information content (AvgIpc) is 2.67. The van der Waals surface area contributed by atoms with Gasteiger partial charge >= 0.3 is 0 Å². The van der Waals surface area contributed by atoms with Gasteiger partial charge in [0.2, 0.25) is 0 Å². The number of hydrogen-bond donors (Lipinski definition) is 0. The molecular weight excluding hydrogens is 248 g/mol. The van der Waals surface area contributed by atoms with Crippen molar-refractivity contribution in [2.75, 3.05) is 0 Å². The van der Waals surface area contributed by atoms with Crippen LogP contribution in [0.3, 0.4) is 0 Å². The largest absolute Gasteiger partial charge is 0.331 e. The molecular formula is C17H20N2O. The van der Waals surface area contributed by atoms with Gasteiger partial charge in [-0.15, -0.1) is 0 Å². The number of benzene rings is 1. The molecule has 0 N–H and O–H groups in total. The molecule has 2 aromatic rings. The SMILES string of the molecule is Cn1c(CC(=O)C2=CCCCCC2)nc2ccccc21. The number of Topliss-reactive ketones (excluding diaryl/α,β-unsaturated/α-hetero) is 1. The van der Waals surface area contributed by atoms with Crippen LogP contribution in [0.4, 0.5) is 0 Å². The van der Waals surface area contributed by atoms with E-state index in [9.17, 15) is 4.79 Å². The Morgan fingerprint density at radius 3 is 2.95 bits per heavy atom. The molecule has 0 unspecified atom stereocenters. The number of fused-ring (bicyclic) bond motifs is 1. The highest BCUT2D eigenvalue weighted by Gasteiger charge is 2.16.